The molecule has 0 saturated heterocycles. The number of nitrogens with one attached hydrogen (secondary N) is 1. The molecule has 0 fully saturated rings. The van der Waals surface area contributed by atoms with Crippen LogP contribution in [0.2, 0.25) is 0 Å². The molecule has 108 valence electrons. The molecule has 1 aromatic carbocycles. The molecule has 0 amide bonds. The number of benzene rings is 1. The Balaban J connectivity index is 2.56. The van der Waals surface area contributed by atoms with Gasteiger partial charge in [0.2, 0.25) is 0 Å². The summed E-state index contributed by atoms with van der Waals surface area (Å²) in [6.07, 6.45) is 3.55. The fraction of sp³-hybridized carbons (Fsp3) is 0.625. The van der Waals surface area contributed by atoms with Crippen molar-refractivity contribution in [3.63, 3.8) is 0 Å². The lowest BCUT2D eigenvalue weighted by Gasteiger charge is -2.26. The molecule has 0 aliphatic heterocycles. The van der Waals surface area contributed by atoms with Crippen LogP contribution in [0.1, 0.15) is 40.0 Å². The summed E-state index contributed by atoms with van der Waals surface area (Å²) in [5.41, 5.74) is 0. The molecular formula is C16H26FNS. The van der Waals surface area contributed by atoms with Crippen LogP contribution < -0.4 is 5.32 Å². The first kappa shape index (κ1) is 16.5. The van der Waals surface area contributed by atoms with Crippen molar-refractivity contribution in [3.8, 4) is 0 Å². The lowest BCUT2D eigenvalue weighted by Crippen LogP contribution is -2.38. The summed E-state index contributed by atoms with van der Waals surface area (Å²) in [7, 11) is 0. The molecule has 0 spiro atoms. The molecule has 1 aromatic rings. The van der Waals surface area contributed by atoms with Gasteiger partial charge in [-0.15, -0.1) is 11.8 Å². The van der Waals surface area contributed by atoms with Crippen LogP contribution in [-0.4, -0.2) is 18.3 Å². The first-order valence-corrected chi connectivity index (χ1v) is 8.31. The molecular weight excluding hydrogens is 257 g/mol. The van der Waals surface area contributed by atoms with E-state index in [1.54, 1.807) is 23.9 Å². The van der Waals surface area contributed by atoms with E-state index in [1.807, 2.05) is 6.07 Å². The molecule has 0 bridgehead atoms. The molecule has 1 N–H and O–H groups in total. The molecule has 1 unspecified atom stereocenters. The van der Waals surface area contributed by atoms with Crippen LogP contribution in [0.4, 0.5) is 4.39 Å². The van der Waals surface area contributed by atoms with Gasteiger partial charge in [-0.05, 0) is 37.1 Å². The van der Waals surface area contributed by atoms with E-state index in [4.69, 9.17) is 0 Å². The van der Waals surface area contributed by atoms with Crippen LogP contribution in [0.15, 0.2) is 29.2 Å². The fourth-order valence-electron chi connectivity index (χ4n) is 2.29. The quantitative estimate of drug-likeness (QED) is 0.658. The summed E-state index contributed by atoms with van der Waals surface area (Å²) >= 11 is 1.75. The molecule has 0 saturated carbocycles. The van der Waals surface area contributed by atoms with Gasteiger partial charge in [0.25, 0.3) is 0 Å². The van der Waals surface area contributed by atoms with Gasteiger partial charge < -0.3 is 5.32 Å². The number of hydrogen-bond acceptors (Lipinski definition) is 2. The van der Waals surface area contributed by atoms with Crippen LogP contribution in [0, 0.1) is 11.7 Å². The highest BCUT2D eigenvalue weighted by atomic mass is 32.2. The van der Waals surface area contributed by atoms with Crippen LogP contribution in [0.3, 0.4) is 0 Å². The third-order valence-electron chi connectivity index (χ3n) is 3.50. The van der Waals surface area contributed by atoms with Gasteiger partial charge in [0.15, 0.2) is 0 Å². The third kappa shape index (κ3) is 5.96. The standard InChI is InChI=1S/C16H26FNS/c1-4-10-18-16(13(5-2)6-3)12-19-15-9-7-8-14(17)11-15/h7-9,11,13,16,18H,4-6,10,12H2,1-3H3. The van der Waals surface area contributed by atoms with E-state index < -0.39 is 0 Å². The van der Waals surface area contributed by atoms with E-state index in [1.165, 1.54) is 18.9 Å². The van der Waals surface area contributed by atoms with E-state index in [9.17, 15) is 4.39 Å². The highest BCUT2D eigenvalue weighted by Gasteiger charge is 2.17. The zero-order chi connectivity index (χ0) is 14.1. The Hall–Kier alpha value is -0.540. The van der Waals surface area contributed by atoms with Gasteiger partial charge in [-0.2, -0.15) is 0 Å². The number of thioether (sulfide) groups is 1. The minimum absolute atomic E-state index is 0.148. The molecule has 19 heavy (non-hydrogen) atoms. The molecule has 1 nitrogen and oxygen atoms in total. The van der Waals surface area contributed by atoms with Crippen molar-refractivity contribution < 1.29 is 4.39 Å². The van der Waals surface area contributed by atoms with Gasteiger partial charge in [0.05, 0.1) is 0 Å². The van der Waals surface area contributed by atoms with Gasteiger partial charge in [-0.25, -0.2) is 4.39 Å². The summed E-state index contributed by atoms with van der Waals surface area (Å²) in [5, 5.41) is 3.64. The lowest BCUT2D eigenvalue weighted by atomic mass is 9.95. The molecule has 1 atom stereocenters. The van der Waals surface area contributed by atoms with Gasteiger partial charge in [0.1, 0.15) is 5.82 Å². The Kier molecular flexibility index (Phi) is 8.15. The number of halogens is 1. The van der Waals surface area contributed by atoms with Crippen molar-refractivity contribution in [1.82, 2.24) is 5.32 Å². The fourth-order valence-corrected chi connectivity index (χ4v) is 3.42. The maximum absolute atomic E-state index is 13.2. The van der Waals surface area contributed by atoms with Gasteiger partial charge in [0, 0.05) is 16.7 Å². The van der Waals surface area contributed by atoms with Gasteiger partial charge in [-0.3, -0.25) is 0 Å². The smallest absolute Gasteiger partial charge is 0.124 e. The van der Waals surface area contributed by atoms with E-state index in [-0.39, 0.29) is 5.82 Å². The highest BCUT2D eigenvalue weighted by Crippen LogP contribution is 2.24. The van der Waals surface area contributed by atoms with Crippen molar-refractivity contribution in [2.75, 3.05) is 12.3 Å². The normalized spacial score (nSPS) is 12.9. The summed E-state index contributed by atoms with van der Waals surface area (Å²) in [5.74, 6) is 1.56. The Labute approximate surface area is 121 Å². The summed E-state index contributed by atoms with van der Waals surface area (Å²) in [4.78, 5) is 1.02. The number of rotatable bonds is 9. The monoisotopic (exact) mass is 283 g/mol. The van der Waals surface area contributed by atoms with Gasteiger partial charge >= 0.3 is 0 Å². The summed E-state index contributed by atoms with van der Waals surface area (Å²) in [6, 6.07) is 7.40. The van der Waals surface area contributed by atoms with Crippen molar-refractivity contribution in [2.45, 2.75) is 51.0 Å². The molecule has 0 aliphatic carbocycles. The summed E-state index contributed by atoms with van der Waals surface area (Å²) in [6.45, 7) is 7.75. The average molecular weight is 283 g/mol. The van der Waals surface area contributed by atoms with Crippen molar-refractivity contribution in [3.05, 3.63) is 30.1 Å². The van der Waals surface area contributed by atoms with Crippen molar-refractivity contribution >= 4 is 11.8 Å². The Morgan fingerprint density at radius 1 is 1.21 bits per heavy atom. The highest BCUT2D eigenvalue weighted by molar-refractivity contribution is 7.99. The minimum Gasteiger partial charge on any atom is -0.313 e. The van der Waals surface area contributed by atoms with E-state index in [2.05, 4.69) is 26.1 Å². The van der Waals surface area contributed by atoms with Crippen molar-refractivity contribution in [2.24, 2.45) is 5.92 Å². The SMILES string of the molecule is CCCNC(CSc1cccc(F)c1)C(CC)CC. The zero-order valence-corrected chi connectivity index (χ0v) is 13.1. The second kappa shape index (κ2) is 9.38. The molecule has 3 heteroatoms. The Morgan fingerprint density at radius 2 is 1.95 bits per heavy atom. The molecule has 0 aliphatic rings. The zero-order valence-electron chi connectivity index (χ0n) is 12.3. The Bertz CT molecular complexity index is 352. The Morgan fingerprint density at radius 3 is 2.53 bits per heavy atom. The molecule has 0 aromatic heterocycles. The largest absolute Gasteiger partial charge is 0.313 e. The van der Waals surface area contributed by atoms with Crippen molar-refractivity contribution in [1.29, 1.82) is 0 Å². The maximum Gasteiger partial charge on any atom is 0.124 e. The second-order valence-corrected chi connectivity index (χ2v) is 6.00. The van der Waals surface area contributed by atoms with E-state index >= 15 is 0 Å². The predicted octanol–water partition coefficient (Wildman–Crippen LogP) is 4.72. The topological polar surface area (TPSA) is 12.0 Å². The average Bonchev–Trinajstić information content (AvgIpc) is 2.42. The molecule has 1 rings (SSSR count). The van der Waals surface area contributed by atoms with Crippen LogP contribution in [0.25, 0.3) is 0 Å². The predicted molar refractivity (Wildman–Crippen MR) is 83.3 cm³/mol. The maximum atomic E-state index is 13.2. The summed E-state index contributed by atoms with van der Waals surface area (Å²) < 4.78 is 13.2. The lowest BCUT2D eigenvalue weighted by molar-refractivity contribution is 0.360. The van der Waals surface area contributed by atoms with Gasteiger partial charge in [-0.1, -0.05) is 39.7 Å². The molecule has 0 heterocycles. The van der Waals surface area contributed by atoms with Crippen LogP contribution >= 0.6 is 11.8 Å². The third-order valence-corrected chi connectivity index (χ3v) is 4.61. The first-order chi connectivity index (χ1) is 9.21. The first-order valence-electron chi connectivity index (χ1n) is 7.32. The minimum atomic E-state index is -0.148. The van der Waals surface area contributed by atoms with E-state index in [0.29, 0.717) is 12.0 Å². The molecule has 0 radical (unpaired) electrons. The van der Waals surface area contributed by atoms with Crippen LogP contribution in [0.5, 0.6) is 0 Å². The second-order valence-electron chi connectivity index (χ2n) is 4.91. The van der Waals surface area contributed by atoms with Crippen LogP contribution in [-0.2, 0) is 0 Å². The number of hydrogen-bond donors (Lipinski definition) is 1. The van der Waals surface area contributed by atoms with E-state index in [0.717, 1.165) is 23.6 Å².